The molecular weight excluding hydrogens is 188 g/mol. The monoisotopic (exact) mass is 206 g/mol. The van der Waals surface area contributed by atoms with Crippen LogP contribution in [0.4, 0.5) is 5.69 Å². The smallest absolute Gasteiger partial charge is 0.0682 e. The van der Waals surface area contributed by atoms with Crippen molar-refractivity contribution in [1.82, 2.24) is 5.32 Å². The number of hydrogen-bond acceptors (Lipinski definition) is 3. The van der Waals surface area contributed by atoms with Crippen LogP contribution in [0.3, 0.4) is 0 Å². The number of aryl methyl sites for hydroxylation is 1. The molecule has 0 spiro atoms. The van der Waals surface area contributed by atoms with Gasteiger partial charge in [-0.2, -0.15) is 0 Å². The van der Waals surface area contributed by atoms with Gasteiger partial charge in [0, 0.05) is 31.9 Å². The van der Waals surface area contributed by atoms with Gasteiger partial charge >= 0.3 is 0 Å². The Morgan fingerprint density at radius 2 is 2.07 bits per heavy atom. The van der Waals surface area contributed by atoms with Crippen LogP contribution in [0, 0.1) is 6.92 Å². The molecule has 0 amide bonds. The molecule has 0 radical (unpaired) electrons. The van der Waals surface area contributed by atoms with Crippen LogP contribution in [0.5, 0.6) is 0 Å². The maximum absolute atomic E-state index is 9.12. The molecule has 1 aromatic carbocycles. The first kappa shape index (κ1) is 10.5. The fourth-order valence-corrected chi connectivity index (χ4v) is 2.00. The van der Waals surface area contributed by atoms with Gasteiger partial charge in [0.15, 0.2) is 0 Å². The van der Waals surface area contributed by atoms with E-state index in [-0.39, 0.29) is 6.61 Å². The molecule has 2 N–H and O–H groups in total. The molecule has 1 heterocycles. The summed E-state index contributed by atoms with van der Waals surface area (Å²) in [6.45, 7) is 6.44. The first-order chi connectivity index (χ1) is 7.31. The van der Waals surface area contributed by atoms with Crippen molar-refractivity contribution in [3.63, 3.8) is 0 Å². The minimum Gasteiger partial charge on any atom is -0.392 e. The van der Waals surface area contributed by atoms with Crippen LogP contribution in [-0.4, -0.2) is 31.3 Å². The van der Waals surface area contributed by atoms with Gasteiger partial charge in [-0.25, -0.2) is 0 Å². The van der Waals surface area contributed by atoms with E-state index in [1.807, 2.05) is 6.07 Å². The first-order valence-corrected chi connectivity index (χ1v) is 5.47. The molecule has 1 saturated heterocycles. The van der Waals surface area contributed by atoms with Crippen LogP contribution in [0.1, 0.15) is 11.1 Å². The topological polar surface area (TPSA) is 35.5 Å². The van der Waals surface area contributed by atoms with E-state index >= 15 is 0 Å². The van der Waals surface area contributed by atoms with Crippen LogP contribution in [0.25, 0.3) is 0 Å². The second kappa shape index (κ2) is 4.64. The number of hydrogen-bond donors (Lipinski definition) is 2. The van der Waals surface area contributed by atoms with Crippen molar-refractivity contribution in [1.29, 1.82) is 0 Å². The van der Waals surface area contributed by atoms with Gasteiger partial charge in [0.1, 0.15) is 0 Å². The summed E-state index contributed by atoms with van der Waals surface area (Å²) in [4.78, 5) is 2.38. The standard InChI is InChI=1S/C12H18N2O/c1-10-2-3-11(9-15)8-12(10)14-6-4-13-5-7-14/h2-3,8,13,15H,4-7,9H2,1H3. The van der Waals surface area contributed by atoms with Gasteiger partial charge in [-0.3, -0.25) is 0 Å². The summed E-state index contributed by atoms with van der Waals surface area (Å²) in [5, 5.41) is 12.5. The van der Waals surface area contributed by atoms with E-state index in [0.717, 1.165) is 31.7 Å². The van der Waals surface area contributed by atoms with Gasteiger partial charge < -0.3 is 15.3 Å². The summed E-state index contributed by atoms with van der Waals surface area (Å²) in [5.41, 5.74) is 3.55. The average Bonchev–Trinajstić information content (AvgIpc) is 2.31. The Hall–Kier alpha value is -1.06. The van der Waals surface area contributed by atoms with E-state index in [1.165, 1.54) is 11.3 Å². The zero-order valence-corrected chi connectivity index (χ0v) is 9.16. The third-order valence-corrected chi connectivity index (χ3v) is 2.91. The minimum atomic E-state index is 0.124. The lowest BCUT2D eigenvalue weighted by atomic mass is 10.1. The summed E-state index contributed by atoms with van der Waals surface area (Å²) >= 11 is 0. The number of benzene rings is 1. The summed E-state index contributed by atoms with van der Waals surface area (Å²) in [6.07, 6.45) is 0. The zero-order chi connectivity index (χ0) is 10.7. The van der Waals surface area contributed by atoms with Crippen molar-refractivity contribution in [3.8, 4) is 0 Å². The SMILES string of the molecule is Cc1ccc(CO)cc1N1CCNCC1. The highest BCUT2D eigenvalue weighted by molar-refractivity contribution is 5.55. The Morgan fingerprint density at radius 3 is 2.73 bits per heavy atom. The predicted octanol–water partition coefficient (Wildman–Crippen LogP) is 0.897. The van der Waals surface area contributed by atoms with Gasteiger partial charge in [-0.05, 0) is 24.1 Å². The van der Waals surface area contributed by atoms with E-state index in [0.29, 0.717) is 0 Å². The fraction of sp³-hybridized carbons (Fsp3) is 0.500. The van der Waals surface area contributed by atoms with Gasteiger partial charge in [0.25, 0.3) is 0 Å². The van der Waals surface area contributed by atoms with E-state index in [4.69, 9.17) is 5.11 Å². The van der Waals surface area contributed by atoms with E-state index in [9.17, 15) is 0 Å². The highest BCUT2D eigenvalue weighted by Gasteiger charge is 2.12. The van der Waals surface area contributed by atoms with Gasteiger partial charge in [-0.15, -0.1) is 0 Å². The number of nitrogens with one attached hydrogen (secondary N) is 1. The van der Waals surface area contributed by atoms with E-state index in [1.54, 1.807) is 0 Å². The van der Waals surface area contributed by atoms with Crippen LogP contribution in [-0.2, 0) is 6.61 Å². The maximum Gasteiger partial charge on any atom is 0.0682 e. The van der Waals surface area contributed by atoms with Crippen molar-refractivity contribution in [3.05, 3.63) is 29.3 Å². The average molecular weight is 206 g/mol. The normalized spacial score (nSPS) is 16.8. The molecule has 15 heavy (non-hydrogen) atoms. The third kappa shape index (κ3) is 2.30. The molecule has 2 rings (SSSR count). The van der Waals surface area contributed by atoms with Crippen LogP contribution >= 0.6 is 0 Å². The van der Waals surface area contributed by atoms with Crippen LogP contribution in [0.2, 0.25) is 0 Å². The molecule has 1 aliphatic heterocycles. The third-order valence-electron chi connectivity index (χ3n) is 2.91. The quantitative estimate of drug-likeness (QED) is 0.754. The summed E-state index contributed by atoms with van der Waals surface area (Å²) in [6, 6.07) is 6.17. The fourth-order valence-electron chi connectivity index (χ4n) is 2.00. The molecule has 0 atom stereocenters. The first-order valence-electron chi connectivity index (χ1n) is 5.47. The Bertz CT molecular complexity index is 332. The number of nitrogens with zero attached hydrogens (tertiary/aromatic N) is 1. The Labute approximate surface area is 90.7 Å². The van der Waals surface area contributed by atoms with Gasteiger partial charge in [-0.1, -0.05) is 12.1 Å². The molecular formula is C12H18N2O. The molecule has 82 valence electrons. The Kier molecular flexibility index (Phi) is 3.23. The van der Waals surface area contributed by atoms with Crippen molar-refractivity contribution >= 4 is 5.69 Å². The summed E-state index contributed by atoms with van der Waals surface area (Å²) in [7, 11) is 0. The Balaban J connectivity index is 2.24. The van der Waals surface area contributed by atoms with Crippen molar-refractivity contribution in [2.75, 3.05) is 31.1 Å². The number of aliphatic hydroxyl groups excluding tert-OH is 1. The highest BCUT2D eigenvalue weighted by atomic mass is 16.3. The maximum atomic E-state index is 9.12. The second-order valence-corrected chi connectivity index (χ2v) is 4.02. The lowest BCUT2D eigenvalue weighted by Crippen LogP contribution is -2.43. The molecule has 1 aliphatic rings. The molecule has 0 saturated carbocycles. The summed E-state index contributed by atoms with van der Waals surface area (Å²) in [5.74, 6) is 0. The largest absolute Gasteiger partial charge is 0.392 e. The number of aliphatic hydroxyl groups is 1. The highest BCUT2D eigenvalue weighted by Crippen LogP contribution is 2.22. The molecule has 0 bridgehead atoms. The molecule has 3 heteroatoms. The van der Waals surface area contributed by atoms with Crippen LogP contribution in [0.15, 0.2) is 18.2 Å². The second-order valence-electron chi connectivity index (χ2n) is 4.02. The minimum absolute atomic E-state index is 0.124. The molecule has 0 unspecified atom stereocenters. The number of anilines is 1. The summed E-state index contributed by atoms with van der Waals surface area (Å²) < 4.78 is 0. The zero-order valence-electron chi connectivity index (χ0n) is 9.16. The number of piperazine rings is 1. The van der Waals surface area contributed by atoms with Gasteiger partial charge in [0.05, 0.1) is 6.61 Å². The lowest BCUT2D eigenvalue weighted by molar-refractivity contribution is 0.282. The molecule has 0 aliphatic carbocycles. The van der Waals surface area contributed by atoms with E-state index < -0.39 is 0 Å². The van der Waals surface area contributed by atoms with Gasteiger partial charge in [0.2, 0.25) is 0 Å². The van der Waals surface area contributed by atoms with Crippen LogP contribution < -0.4 is 10.2 Å². The predicted molar refractivity (Wildman–Crippen MR) is 62.2 cm³/mol. The molecule has 1 fully saturated rings. The lowest BCUT2D eigenvalue weighted by Gasteiger charge is -2.31. The molecule has 1 aromatic rings. The Morgan fingerprint density at radius 1 is 1.33 bits per heavy atom. The van der Waals surface area contributed by atoms with Crippen molar-refractivity contribution < 1.29 is 5.11 Å². The molecule has 3 nitrogen and oxygen atoms in total. The van der Waals surface area contributed by atoms with Crippen molar-refractivity contribution in [2.24, 2.45) is 0 Å². The number of rotatable bonds is 2. The van der Waals surface area contributed by atoms with Crippen molar-refractivity contribution in [2.45, 2.75) is 13.5 Å². The van der Waals surface area contributed by atoms with E-state index in [2.05, 4.69) is 29.3 Å². The molecule has 0 aromatic heterocycles.